The van der Waals surface area contributed by atoms with Crippen LogP contribution in [-0.4, -0.2) is 25.0 Å². The first-order valence-electron chi connectivity index (χ1n) is 5.72. The van der Waals surface area contributed by atoms with E-state index in [1.807, 2.05) is 30.3 Å². The van der Waals surface area contributed by atoms with Gasteiger partial charge >= 0.3 is 5.97 Å². The van der Waals surface area contributed by atoms with E-state index in [0.29, 0.717) is 0 Å². The van der Waals surface area contributed by atoms with Crippen LogP contribution in [0.1, 0.15) is 24.9 Å². The summed E-state index contributed by atoms with van der Waals surface area (Å²) in [5, 5.41) is 2.54. The van der Waals surface area contributed by atoms with Gasteiger partial charge in [-0.3, -0.25) is 4.79 Å². The summed E-state index contributed by atoms with van der Waals surface area (Å²) in [5.74, 6) is -0.749. The molecule has 3 N–H and O–H groups in total. The van der Waals surface area contributed by atoms with Gasteiger partial charge in [-0.1, -0.05) is 30.3 Å². The lowest BCUT2D eigenvalue weighted by molar-refractivity contribution is -0.144. The number of methoxy groups -OCH3 is 1. The number of hydrogen-bond acceptors (Lipinski definition) is 4. The summed E-state index contributed by atoms with van der Waals surface area (Å²) in [7, 11) is 1.28. The zero-order chi connectivity index (χ0) is 13.5. The highest BCUT2D eigenvalue weighted by Gasteiger charge is 2.18. The third kappa shape index (κ3) is 4.18. The summed E-state index contributed by atoms with van der Waals surface area (Å²) in [6, 6.07) is 8.30. The summed E-state index contributed by atoms with van der Waals surface area (Å²) < 4.78 is 4.52. The molecule has 1 aromatic carbocycles. The molecule has 5 nitrogen and oxygen atoms in total. The van der Waals surface area contributed by atoms with E-state index in [1.54, 1.807) is 6.92 Å². The van der Waals surface area contributed by atoms with E-state index >= 15 is 0 Å². The van der Waals surface area contributed by atoms with Crippen LogP contribution in [0, 0.1) is 0 Å². The molecule has 1 unspecified atom stereocenters. The van der Waals surface area contributed by atoms with E-state index in [0.717, 1.165) is 5.56 Å². The molecule has 0 radical (unpaired) electrons. The minimum Gasteiger partial charge on any atom is -0.467 e. The van der Waals surface area contributed by atoms with E-state index in [4.69, 9.17) is 5.73 Å². The van der Waals surface area contributed by atoms with Crippen molar-refractivity contribution in [3.05, 3.63) is 35.9 Å². The molecule has 2 atom stereocenters. The SMILES string of the molecule is COC(=O)[C@@H](C)NC(=O)CC(N)c1ccccc1. The van der Waals surface area contributed by atoms with Crippen molar-refractivity contribution in [1.29, 1.82) is 0 Å². The Labute approximate surface area is 106 Å². The number of benzene rings is 1. The van der Waals surface area contributed by atoms with Crippen molar-refractivity contribution in [3.8, 4) is 0 Å². The first-order chi connectivity index (χ1) is 8.54. The lowest BCUT2D eigenvalue weighted by Crippen LogP contribution is -2.40. The molecular weight excluding hydrogens is 232 g/mol. The normalized spacial score (nSPS) is 13.5. The van der Waals surface area contributed by atoms with E-state index in [-0.39, 0.29) is 18.4 Å². The Bertz CT molecular complexity index is 406. The summed E-state index contributed by atoms with van der Waals surface area (Å²) in [4.78, 5) is 22.8. The summed E-state index contributed by atoms with van der Waals surface area (Å²) >= 11 is 0. The third-order valence-corrected chi connectivity index (χ3v) is 2.57. The Morgan fingerprint density at radius 2 is 1.94 bits per heavy atom. The van der Waals surface area contributed by atoms with E-state index in [9.17, 15) is 9.59 Å². The highest BCUT2D eigenvalue weighted by atomic mass is 16.5. The van der Waals surface area contributed by atoms with Crippen LogP contribution in [0.15, 0.2) is 30.3 Å². The van der Waals surface area contributed by atoms with Crippen molar-refractivity contribution in [3.63, 3.8) is 0 Å². The number of hydrogen-bond donors (Lipinski definition) is 2. The molecule has 0 heterocycles. The molecule has 18 heavy (non-hydrogen) atoms. The number of rotatable bonds is 5. The highest BCUT2D eigenvalue weighted by molar-refractivity contribution is 5.84. The Hall–Kier alpha value is -1.88. The zero-order valence-electron chi connectivity index (χ0n) is 10.6. The molecule has 0 spiro atoms. The number of amides is 1. The fraction of sp³-hybridized carbons (Fsp3) is 0.385. The number of nitrogens with two attached hydrogens (primary N) is 1. The summed E-state index contributed by atoms with van der Waals surface area (Å²) in [6.45, 7) is 1.57. The number of carbonyl (C=O) groups excluding carboxylic acids is 2. The fourth-order valence-corrected chi connectivity index (χ4v) is 1.55. The second kappa shape index (κ2) is 6.76. The molecule has 0 aromatic heterocycles. The largest absolute Gasteiger partial charge is 0.467 e. The van der Waals surface area contributed by atoms with Crippen LogP contribution in [-0.2, 0) is 14.3 Å². The number of ether oxygens (including phenoxy) is 1. The maximum absolute atomic E-state index is 11.7. The Morgan fingerprint density at radius 1 is 1.33 bits per heavy atom. The van der Waals surface area contributed by atoms with Crippen molar-refractivity contribution >= 4 is 11.9 Å². The maximum atomic E-state index is 11.7. The number of nitrogens with one attached hydrogen (secondary N) is 1. The fourth-order valence-electron chi connectivity index (χ4n) is 1.55. The lowest BCUT2D eigenvalue weighted by Gasteiger charge is -2.15. The average molecular weight is 250 g/mol. The van der Waals surface area contributed by atoms with Crippen LogP contribution in [0.2, 0.25) is 0 Å². The van der Waals surface area contributed by atoms with Gasteiger partial charge in [-0.2, -0.15) is 0 Å². The molecule has 0 aliphatic rings. The van der Waals surface area contributed by atoms with Gasteiger partial charge in [-0.15, -0.1) is 0 Å². The Kier molecular flexibility index (Phi) is 5.32. The molecule has 0 saturated heterocycles. The molecular formula is C13H18N2O3. The summed E-state index contributed by atoms with van der Waals surface area (Å²) in [6.07, 6.45) is 0.130. The monoisotopic (exact) mass is 250 g/mol. The van der Waals surface area contributed by atoms with Gasteiger partial charge in [0.1, 0.15) is 6.04 Å². The van der Waals surface area contributed by atoms with Crippen LogP contribution < -0.4 is 11.1 Å². The second-order valence-electron chi connectivity index (χ2n) is 4.03. The van der Waals surface area contributed by atoms with Crippen LogP contribution in [0.3, 0.4) is 0 Å². The topological polar surface area (TPSA) is 81.4 Å². The highest BCUT2D eigenvalue weighted by Crippen LogP contribution is 2.12. The molecule has 0 saturated carbocycles. The quantitative estimate of drug-likeness (QED) is 0.756. The number of esters is 1. The molecule has 1 aromatic rings. The molecule has 0 fully saturated rings. The smallest absolute Gasteiger partial charge is 0.328 e. The van der Waals surface area contributed by atoms with Crippen molar-refractivity contribution in [2.45, 2.75) is 25.4 Å². The van der Waals surface area contributed by atoms with E-state index in [1.165, 1.54) is 7.11 Å². The van der Waals surface area contributed by atoms with Gasteiger partial charge in [0, 0.05) is 12.5 Å². The van der Waals surface area contributed by atoms with Crippen molar-refractivity contribution in [1.82, 2.24) is 5.32 Å². The van der Waals surface area contributed by atoms with Crippen LogP contribution in [0.4, 0.5) is 0 Å². The van der Waals surface area contributed by atoms with Gasteiger partial charge < -0.3 is 15.8 Å². The lowest BCUT2D eigenvalue weighted by atomic mass is 10.0. The van der Waals surface area contributed by atoms with E-state index in [2.05, 4.69) is 10.1 Å². The summed E-state index contributed by atoms with van der Waals surface area (Å²) in [5.41, 5.74) is 6.79. The van der Waals surface area contributed by atoms with Crippen molar-refractivity contribution in [2.24, 2.45) is 5.73 Å². The molecule has 5 heteroatoms. The molecule has 1 amide bonds. The first kappa shape index (κ1) is 14.2. The molecule has 98 valence electrons. The molecule has 1 rings (SSSR count). The number of carbonyl (C=O) groups is 2. The van der Waals surface area contributed by atoms with E-state index < -0.39 is 12.0 Å². The van der Waals surface area contributed by atoms with Crippen molar-refractivity contribution < 1.29 is 14.3 Å². The molecule has 0 aliphatic heterocycles. The predicted molar refractivity (Wildman–Crippen MR) is 67.6 cm³/mol. The average Bonchev–Trinajstić information content (AvgIpc) is 2.38. The predicted octanol–water partition coefficient (Wildman–Crippen LogP) is 0.754. The first-order valence-corrected chi connectivity index (χ1v) is 5.72. The minimum absolute atomic E-state index is 0.130. The minimum atomic E-state index is -0.662. The van der Waals surface area contributed by atoms with Gasteiger partial charge in [-0.25, -0.2) is 4.79 Å². The third-order valence-electron chi connectivity index (χ3n) is 2.57. The molecule has 0 aliphatic carbocycles. The van der Waals surface area contributed by atoms with Gasteiger partial charge in [0.25, 0.3) is 0 Å². The van der Waals surface area contributed by atoms with Gasteiger partial charge in [0.15, 0.2) is 0 Å². The standard InChI is InChI=1S/C13H18N2O3/c1-9(13(17)18-2)15-12(16)8-11(14)10-6-4-3-5-7-10/h3-7,9,11H,8,14H2,1-2H3,(H,15,16)/t9-,11?/m1/s1. The van der Waals surface area contributed by atoms with Gasteiger partial charge in [0.2, 0.25) is 5.91 Å². The Balaban J connectivity index is 2.48. The van der Waals surface area contributed by atoms with Crippen LogP contribution in [0.25, 0.3) is 0 Å². The maximum Gasteiger partial charge on any atom is 0.328 e. The van der Waals surface area contributed by atoms with Gasteiger partial charge in [-0.05, 0) is 12.5 Å². The zero-order valence-corrected chi connectivity index (χ0v) is 10.6. The second-order valence-corrected chi connectivity index (χ2v) is 4.03. The van der Waals surface area contributed by atoms with Gasteiger partial charge in [0.05, 0.1) is 7.11 Å². The molecule has 0 bridgehead atoms. The van der Waals surface area contributed by atoms with Crippen molar-refractivity contribution in [2.75, 3.05) is 7.11 Å². The van der Waals surface area contributed by atoms with Crippen LogP contribution >= 0.6 is 0 Å². The van der Waals surface area contributed by atoms with Crippen LogP contribution in [0.5, 0.6) is 0 Å². The Morgan fingerprint density at radius 3 is 2.50 bits per heavy atom.